The van der Waals surface area contributed by atoms with Gasteiger partial charge in [-0.05, 0) is 17.0 Å². The molecular weight excluding hydrogens is 301 g/mol. The van der Waals surface area contributed by atoms with Crippen molar-refractivity contribution in [3.8, 4) is 0 Å². The molecule has 1 saturated heterocycles. The van der Waals surface area contributed by atoms with Crippen molar-refractivity contribution in [3.05, 3.63) is 71.8 Å². The van der Waals surface area contributed by atoms with Crippen LogP contribution in [0.5, 0.6) is 0 Å². The van der Waals surface area contributed by atoms with Gasteiger partial charge in [-0.1, -0.05) is 74.5 Å². The Hall–Kier alpha value is -1.66. The molecule has 2 aromatic rings. The molecule has 5 heteroatoms. The van der Waals surface area contributed by atoms with Crippen molar-refractivity contribution < 1.29 is 14.0 Å². The molecule has 0 spiro atoms. The van der Waals surface area contributed by atoms with Crippen LogP contribution in [0.1, 0.15) is 25.0 Å². The molecule has 24 heavy (non-hydrogen) atoms. The third-order valence-electron chi connectivity index (χ3n) is 4.47. The summed E-state index contributed by atoms with van der Waals surface area (Å²) in [4.78, 5) is 0. The van der Waals surface area contributed by atoms with Crippen LogP contribution in [0, 0.1) is 5.92 Å². The normalized spacial score (nSPS) is 16.6. The standard InChI is InChI=1S/C19H24BNO3/c1-15(2)18(21)19(16-9-5-3-6-10-16,17-11-7-4-8-12-17)24-20-22-13-14-23-20/h3-12,15,18H,13-14,21H2,1-2H3/t18-/m0/s1. The van der Waals surface area contributed by atoms with Gasteiger partial charge in [0.15, 0.2) is 0 Å². The van der Waals surface area contributed by atoms with E-state index in [-0.39, 0.29) is 12.0 Å². The van der Waals surface area contributed by atoms with Gasteiger partial charge in [-0.15, -0.1) is 0 Å². The Bertz CT molecular complexity index is 590. The SMILES string of the molecule is CC(C)[C@H](N)C(OB1OCCO1)(c1ccccc1)c1ccccc1. The molecule has 0 radical (unpaired) electrons. The summed E-state index contributed by atoms with van der Waals surface area (Å²) in [6.07, 6.45) is 0. The van der Waals surface area contributed by atoms with E-state index in [2.05, 4.69) is 13.8 Å². The second kappa shape index (κ2) is 7.49. The van der Waals surface area contributed by atoms with Crippen molar-refractivity contribution >= 4 is 7.32 Å². The van der Waals surface area contributed by atoms with Crippen LogP contribution in [0.25, 0.3) is 0 Å². The first-order chi connectivity index (χ1) is 11.6. The second-order valence-corrected chi connectivity index (χ2v) is 6.39. The number of hydrogen-bond acceptors (Lipinski definition) is 4. The summed E-state index contributed by atoms with van der Waals surface area (Å²) >= 11 is 0. The molecule has 0 aliphatic carbocycles. The lowest BCUT2D eigenvalue weighted by atomic mass is 9.75. The number of benzene rings is 2. The average Bonchev–Trinajstić information content (AvgIpc) is 3.13. The number of rotatable bonds is 6. The Morgan fingerprint density at radius 3 is 1.79 bits per heavy atom. The van der Waals surface area contributed by atoms with Gasteiger partial charge >= 0.3 is 7.32 Å². The summed E-state index contributed by atoms with van der Waals surface area (Å²) in [6, 6.07) is 19.9. The summed E-state index contributed by atoms with van der Waals surface area (Å²) in [5.74, 6) is 0.201. The highest BCUT2D eigenvalue weighted by Gasteiger charge is 2.47. The first-order valence-electron chi connectivity index (χ1n) is 8.42. The van der Waals surface area contributed by atoms with E-state index in [0.29, 0.717) is 13.2 Å². The number of nitrogens with two attached hydrogens (primary N) is 1. The Morgan fingerprint density at radius 2 is 1.38 bits per heavy atom. The molecule has 1 aliphatic rings. The van der Waals surface area contributed by atoms with Crippen molar-refractivity contribution in [3.63, 3.8) is 0 Å². The van der Waals surface area contributed by atoms with E-state index in [1.807, 2.05) is 60.7 Å². The first kappa shape index (κ1) is 17.2. The molecule has 3 rings (SSSR count). The van der Waals surface area contributed by atoms with Crippen LogP contribution >= 0.6 is 0 Å². The van der Waals surface area contributed by atoms with Gasteiger partial charge in [-0.2, -0.15) is 0 Å². The van der Waals surface area contributed by atoms with Crippen LogP contribution < -0.4 is 5.73 Å². The highest BCUT2D eigenvalue weighted by Crippen LogP contribution is 2.39. The lowest BCUT2D eigenvalue weighted by Gasteiger charge is -2.42. The Morgan fingerprint density at radius 1 is 0.917 bits per heavy atom. The minimum absolute atomic E-state index is 0.201. The molecule has 1 fully saturated rings. The Kier molecular flexibility index (Phi) is 5.36. The van der Waals surface area contributed by atoms with E-state index in [9.17, 15) is 0 Å². The van der Waals surface area contributed by atoms with Gasteiger partial charge in [0, 0.05) is 6.04 Å². The minimum atomic E-state index is -0.842. The maximum absolute atomic E-state index is 6.70. The molecule has 0 aromatic heterocycles. The molecule has 2 aromatic carbocycles. The van der Waals surface area contributed by atoms with Crippen molar-refractivity contribution in [1.82, 2.24) is 0 Å². The van der Waals surface area contributed by atoms with Crippen molar-refractivity contribution in [2.45, 2.75) is 25.5 Å². The summed E-state index contributed by atoms with van der Waals surface area (Å²) < 4.78 is 17.6. The average molecular weight is 325 g/mol. The highest BCUT2D eigenvalue weighted by atomic mass is 16.8. The molecule has 4 nitrogen and oxygen atoms in total. The lowest BCUT2D eigenvalue weighted by Crippen LogP contribution is -2.54. The van der Waals surface area contributed by atoms with E-state index in [4.69, 9.17) is 19.7 Å². The quantitative estimate of drug-likeness (QED) is 0.830. The molecule has 2 N–H and O–H groups in total. The molecule has 0 amide bonds. The van der Waals surface area contributed by atoms with Crippen LogP contribution in [0.2, 0.25) is 0 Å². The van der Waals surface area contributed by atoms with Gasteiger partial charge in [0.1, 0.15) is 5.60 Å². The number of hydrogen-bond donors (Lipinski definition) is 1. The van der Waals surface area contributed by atoms with Gasteiger partial charge in [-0.3, -0.25) is 0 Å². The van der Waals surface area contributed by atoms with Crippen molar-refractivity contribution in [1.29, 1.82) is 0 Å². The van der Waals surface area contributed by atoms with Crippen LogP contribution in [0.3, 0.4) is 0 Å². The fraction of sp³-hybridized carbons (Fsp3) is 0.368. The summed E-state index contributed by atoms with van der Waals surface area (Å²) in [5, 5.41) is 0. The molecular formula is C19H24BNO3. The predicted octanol–water partition coefficient (Wildman–Crippen LogP) is 2.96. The van der Waals surface area contributed by atoms with Gasteiger partial charge in [-0.25, -0.2) is 0 Å². The van der Waals surface area contributed by atoms with E-state index in [1.54, 1.807) is 0 Å². The summed E-state index contributed by atoms with van der Waals surface area (Å²) in [5.41, 5.74) is 7.85. The zero-order valence-electron chi connectivity index (χ0n) is 14.2. The van der Waals surface area contributed by atoms with E-state index in [0.717, 1.165) is 11.1 Å². The zero-order valence-corrected chi connectivity index (χ0v) is 14.2. The largest absolute Gasteiger partial charge is 0.640 e. The van der Waals surface area contributed by atoms with Crippen LogP contribution in [0.4, 0.5) is 0 Å². The highest BCUT2D eigenvalue weighted by molar-refractivity contribution is 6.37. The van der Waals surface area contributed by atoms with Crippen LogP contribution in [0.15, 0.2) is 60.7 Å². The minimum Gasteiger partial charge on any atom is -0.384 e. The Balaban J connectivity index is 2.15. The third-order valence-corrected chi connectivity index (χ3v) is 4.47. The monoisotopic (exact) mass is 325 g/mol. The summed E-state index contributed by atoms with van der Waals surface area (Å²) in [7, 11) is -0.713. The lowest BCUT2D eigenvalue weighted by molar-refractivity contribution is 0.0142. The van der Waals surface area contributed by atoms with Crippen LogP contribution in [-0.4, -0.2) is 26.6 Å². The molecule has 1 aliphatic heterocycles. The van der Waals surface area contributed by atoms with Crippen molar-refractivity contribution in [2.24, 2.45) is 11.7 Å². The fourth-order valence-corrected chi connectivity index (χ4v) is 3.16. The topological polar surface area (TPSA) is 53.7 Å². The Labute approximate surface area is 144 Å². The molecule has 126 valence electrons. The summed E-state index contributed by atoms with van der Waals surface area (Å²) in [6.45, 7) is 5.26. The maximum atomic E-state index is 6.70. The van der Waals surface area contributed by atoms with Gasteiger partial charge < -0.3 is 19.7 Å². The fourth-order valence-electron chi connectivity index (χ4n) is 3.16. The molecule has 0 saturated carbocycles. The molecule has 1 atom stereocenters. The predicted molar refractivity (Wildman–Crippen MR) is 95.2 cm³/mol. The molecule has 1 heterocycles. The molecule has 0 unspecified atom stereocenters. The first-order valence-corrected chi connectivity index (χ1v) is 8.42. The van der Waals surface area contributed by atoms with Gasteiger partial charge in [0.2, 0.25) is 0 Å². The van der Waals surface area contributed by atoms with Gasteiger partial charge in [0.05, 0.1) is 13.2 Å². The smallest absolute Gasteiger partial charge is 0.384 e. The maximum Gasteiger partial charge on any atom is 0.640 e. The van der Waals surface area contributed by atoms with Crippen LogP contribution in [-0.2, 0) is 19.6 Å². The van der Waals surface area contributed by atoms with E-state index < -0.39 is 12.9 Å². The third kappa shape index (κ3) is 3.26. The second-order valence-electron chi connectivity index (χ2n) is 6.39. The molecule has 0 bridgehead atoms. The van der Waals surface area contributed by atoms with E-state index in [1.165, 1.54) is 0 Å². The van der Waals surface area contributed by atoms with Crippen molar-refractivity contribution in [2.75, 3.05) is 13.2 Å². The van der Waals surface area contributed by atoms with E-state index >= 15 is 0 Å². The van der Waals surface area contributed by atoms with Gasteiger partial charge in [0.25, 0.3) is 0 Å². The zero-order chi connectivity index (χ0) is 17.0.